The number of nitrogens with zero attached hydrogens (tertiary/aromatic N) is 5. The van der Waals surface area contributed by atoms with E-state index in [1.165, 1.54) is 37.5 Å². The van der Waals surface area contributed by atoms with Gasteiger partial charge < -0.3 is 30.0 Å². The van der Waals surface area contributed by atoms with Gasteiger partial charge in [0, 0.05) is 41.2 Å². The summed E-state index contributed by atoms with van der Waals surface area (Å²) >= 11 is 0. The minimum absolute atomic E-state index is 0.0292. The molecule has 4 aromatic rings. The number of ether oxygens (including phenoxy) is 4. The molecule has 0 spiro atoms. The number of isocyanates is 1. The van der Waals surface area contributed by atoms with Gasteiger partial charge in [-0.1, -0.05) is 12.1 Å². The number of nitrogen functional groups attached to an aromatic ring is 1. The van der Waals surface area contributed by atoms with Gasteiger partial charge in [-0.15, -0.1) is 0 Å². The van der Waals surface area contributed by atoms with Crippen molar-refractivity contribution in [3.63, 3.8) is 0 Å². The molecule has 0 saturated heterocycles. The molecular formula is C34H38F6N8O6. The van der Waals surface area contributed by atoms with Crippen molar-refractivity contribution in [2.75, 3.05) is 38.5 Å². The lowest BCUT2D eigenvalue weighted by molar-refractivity contribution is -0.139. The molecule has 292 valence electrons. The highest BCUT2D eigenvalue weighted by molar-refractivity contribution is 5.87. The molecule has 4 rings (SSSR count). The number of urea groups is 1. The second kappa shape index (κ2) is 20.8. The lowest BCUT2D eigenvalue weighted by atomic mass is 10.1. The van der Waals surface area contributed by atoms with E-state index in [1.807, 2.05) is 6.92 Å². The van der Waals surface area contributed by atoms with Gasteiger partial charge in [0.1, 0.15) is 11.5 Å². The van der Waals surface area contributed by atoms with Crippen LogP contribution in [0.2, 0.25) is 0 Å². The summed E-state index contributed by atoms with van der Waals surface area (Å²) in [6.07, 6.45) is -7.86. The van der Waals surface area contributed by atoms with Crippen LogP contribution in [0.5, 0.6) is 23.3 Å². The summed E-state index contributed by atoms with van der Waals surface area (Å²) < 4.78 is 98.0. The number of aliphatic imine (C=N–C) groups is 1. The molecule has 0 unspecified atom stereocenters. The fraction of sp³-hybridized carbons (Fsp3) is 0.353. The second-order valence-corrected chi connectivity index (χ2v) is 10.4. The summed E-state index contributed by atoms with van der Waals surface area (Å²) in [6.45, 7) is 6.48. The number of amides is 2. The van der Waals surface area contributed by atoms with Crippen LogP contribution in [0.4, 0.5) is 43.0 Å². The summed E-state index contributed by atoms with van der Waals surface area (Å²) in [7, 11) is 2.95. The molecule has 54 heavy (non-hydrogen) atoms. The van der Waals surface area contributed by atoms with E-state index >= 15 is 0 Å². The molecular weight excluding hydrogens is 730 g/mol. The number of anilines is 2. The number of nitrogens with one attached hydrogen (secondary N) is 2. The van der Waals surface area contributed by atoms with Gasteiger partial charge in [0.25, 0.3) is 0 Å². The Labute approximate surface area is 306 Å². The molecule has 0 aliphatic carbocycles. The van der Waals surface area contributed by atoms with E-state index < -0.39 is 36.1 Å². The van der Waals surface area contributed by atoms with Crippen molar-refractivity contribution in [2.24, 2.45) is 4.99 Å². The largest absolute Gasteiger partial charge is 0.494 e. The number of aromatic nitrogens is 4. The Morgan fingerprint density at radius 1 is 0.796 bits per heavy atom. The Kier molecular flexibility index (Phi) is 16.9. The fourth-order valence-corrected chi connectivity index (χ4v) is 4.38. The predicted molar refractivity (Wildman–Crippen MR) is 184 cm³/mol. The Hall–Kier alpha value is -6.17. The highest BCUT2D eigenvalue weighted by Crippen LogP contribution is 2.37. The minimum atomic E-state index is -4.58. The zero-order chi connectivity index (χ0) is 40.5. The van der Waals surface area contributed by atoms with Crippen LogP contribution in [0.15, 0.2) is 53.5 Å². The molecule has 2 aromatic heterocycles. The van der Waals surface area contributed by atoms with E-state index in [9.17, 15) is 35.9 Å². The van der Waals surface area contributed by atoms with E-state index in [2.05, 4.69) is 35.6 Å². The Bertz CT molecular complexity index is 1870. The lowest BCUT2D eigenvalue weighted by Crippen LogP contribution is -2.30. The van der Waals surface area contributed by atoms with Crippen molar-refractivity contribution < 1.29 is 54.9 Å². The van der Waals surface area contributed by atoms with Crippen LogP contribution < -0.4 is 35.3 Å². The van der Waals surface area contributed by atoms with E-state index in [1.54, 1.807) is 40.0 Å². The average Bonchev–Trinajstić information content (AvgIpc) is 3.09. The number of benzene rings is 2. The molecule has 0 aliphatic rings. The zero-order valence-corrected chi connectivity index (χ0v) is 30.0. The quantitative estimate of drug-likeness (QED) is 0.0824. The van der Waals surface area contributed by atoms with Crippen LogP contribution in [-0.4, -0.2) is 59.5 Å². The lowest BCUT2D eigenvalue weighted by Gasteiger charge is -2.17. The number of alkyl halides is 6. The summed E-state index contributed by atoms with van der Waals surface area (Å²) in [5.74, 6) is 1.11. The Balaban J connectivity index is 0.000000316. The van der Waals surface area contributed by atoms with Gasteiger partial charge in [-0.3, -0.25) is 5.32 Å². The number of rotatable bonds is 11. The van der Waals surface area contributed by atoms with Gasteiger partial charge >= 0.3 is 18.4 Å². The smallest absolute Gasteiger partial charge is 0.416 e. The highest BCUT2D eigenvalue weighted by Gasteiger charge is 2.35. The molecule has 20 heteroatoms. The van der Waals surface area contributed by atoms with Crippen molar-refractivity contribution in [2.45, 2.75) is 53.1 Å². The van der Waals surface area contributed by atoms with Crippen LogP contribution in [0.1, 0.15) is 47.5 Å². The normalized spacial score (nSPS) is 10.7. The molecule has 2 amide bonds. The van der Waals surface area contributed by atoms with E-state index in [4.69, 9.17) is 24.7 Å². The average molecular weight is 769 g/mol. The van der Waals surface area contributed by atoms with Crippen LogP contribution >= 0.6 is 0 Å². The number of carbonyl (C=O) groups excluding carboxylic acids is 2. The Morgan fingerprint density at radius 2 is 1.30 bits per heavy atom. The molecule has 0 radical (unpaired) electrons. The van der Waals surface area contributed by atoms with Gasteiger partial charge in [0.2, 0.25) is 29.7 Å². The molecule has 4 N–H and O–H groups in total. The van der Waals surface area contributed by atoms with Gasteiger partial charge in [0.15, 0.2) is 0 Å². The van der Waals surface area contributed by atoms with Gasteiger partial charge in [0.05, 0.1) is 45.1 Å². The molecule has 2 heterocycles. The number of hydrogen-bond donors (Lipinski definition) is 3. The standard InChI is InChI=1S/C17H19F3N4O3.C11H10F3NO2.C6H9N3O/c1-4-27-13-7-5-6-12(17(18,19)20)11(13)9-21-16(25)24-15-22-10(2)8-14(23-15)26-3;1-2-17-10-5-3-4-9(11(12,13)14)8(10)6-15-7-16;1-4-3-5(10-2)9-6(7)8-4/h5-8H,4,9H2,1-3H3,(H2,21,22,23,24,25);3-5H,2,6H2,1H3;3H,1-2H3,(H2,7,8,9). The fourth-order valence-electron chi connectivity index (χ4n) is 4.38. The highest BCUT2D eigenvalue weighted by atomic mass is 19.4. The monoisotopic (exact) mass is 768 g/mol. The molecule has 2 aromatic carbocycles. The van der Waals surface area contributed by atoms with Crippen LogP contribution in [0.25, 0.3) is 0 Å². The van der Waals surface area contributed by atoms with E-state index in [0.717, 1.165) is 17.8 Å². The first-order chi connectivity index (χ1) is 25.5. The Morgan fingerprint density at radius 3 is 1.78 bits per heavy atom. The van der Waals surface area contributed by atoms with Crippen molar-refractivity contribution in [3.05, 3.63) is 82.2 Å². The van der Waals surface area contributed by atoms with Gasteiger partial charge in [-0.05, 0) is 52.0 Å². The number of methoxy groups -OCH3 is 2. The van der Waals surface area contributed by atoms with Crippen molar-refractivity contribution in [1.82, 2.24) is 25.3 Å². The summed E-state index contributed by atoms with van der Waals surface area (Å²) in [5.41, 5.74) is 4.67. The molecule has 14 nitrogen and oxygen atoms in total. The van der Waals surface area contributed by atoms with Crippen LogP contribution in [-0.2, 0) is 30.2 Å². The number of aryl methyl sites for hydroxylation is 2. The third-order valence-corrected chi connectivity index (χ3v) is 6.53. The molecule has 0 atom stereocenters. The molecule has 0 bridgehead atoms. The number of nitrogens with two attached hydrogens (primary N) is 1. The first-order valence-corrected chi connectivity index (χ1v) is 15.7. The van der Waals surface area contributed by atoms with Crippen molar-refractivity contribution in [3.8, 4) is 23.3 Å². The molecule has 0 fully saturated rings. The van der Waals surface area contributed by atoms with Gasteiger partial charge in [-0.2, -0.15) is 36.3 Å². The SMILES string of the molecule is CCOc1cccc(C(F)(F)F)c1CN=C=O.CCOc1cccc(C(F)(F)F)c1CNC(=O)Nc1nc(C)cc(OC)n1.COc1cc(C)nc(N)n1. The van der Waals surface area contributed by atoms with Crippen molar-refractivity contribution >= 4 is 24.0 Å². The third-order valence-electron chi connectivity index (χ3n) is 6.53. The zero-order valence-electron chi connectivity index (χ0n) is 30.0. The maximum Gasteiger partial charge on any atom is 0.416 e. The summed E-state index contributed by atoms with van der Waals surface area (Å²) in [4.78, 5) is 40.8. The van der Waals surface area contributed by atoms with Crippen LogP contribution in [0, 0.1) is 13.8 Å². The number of hydrogen-bond acceptors (Lipinski definition) is 12. The first kappa shape index (κ1) is 44.0. The van der Waals surface area contributed by atoms with E-state index in [-0.39, 0.29) is 60.2 Å². The predicted octanol–water partition coefficient (Wildman–Crippen LogP) is 6.85. The summed E-state index contributed by atoms with van der Waals surface area (Å²) in [6, 6.07) is 9.72. The third kappa shape index (κ3) is 14.1. The van der Waals surface area contributed by atoms with Crippen molar-refractivity contribution in [1.29, 1.82) is 0 Å². The minimum Gasteiger partial charge on any atom is -0.494 e. The first-order valence-electron chi connectivity index (χ1n) is 15.7. The van der Waals surface area contributed by atoms with Gasteiger partial charge in [-0.25, -0.2) is 24.5 Å². The number of halogens is 6. The molecule has 0 aliphatic heterocycles. The topological polar surface area (TPSA) is 185 Å². The summed E-state index contributed by atoms with van der Waals surface area (Å²) in [5, 5.41) is 4.73. The maximum absolute atomic E-state index is 13.2. The maximum atomic E-state index is 13.2. The number of carbonyl (C=O) groups is 1. The molecule has 0 saturated carbocycles. The van der Waals surface area contributed by atoms with E-state index in [0.29, 0.717) is 11.6 Å². The second-order valence-electron chi connectivity index (χ2n) is 10.4. The van der Waals surface area contributed by atoms with Crippen LogP contribution in [0.3, 0.4) is 0 Å².